The lowest BCUT2D eigenvalue weighted by Gasteiger charge is -2.33. The Bertz CT molecular complexity index is 820. The summed E-state index contributed by atoms with van der Waals surface area (Å²) in [6.07, 6.45) is 7.07. The zero-order valence-electron chi connectivity index (χ0n) is 15.2. The number of fused-ring (bicyclic) bond motifs is 1. The maximum Gasteiger partial charge on any atom is 0.326 e. The van der Waals surface area contributed by atoms with Crippen molar-refractivity contribution in [2.75, 3.05) is 0 Å². The topological polar surface area (TPSA) is 88.3 Å². The highest BCUT2D eigenvalue weighted by atomic mass is 16.4. The van der Waals surface area contributed by atoms with Crippen LogP contribution in [0.3, 0.4) is 0 Å². The van der Waals surface area contributed by atoms with Crippen molar-refractivity contribution in [3.8, 4) is 5.69 Å². The summed E-state index contributed by atoms with van der Waals surface area (Å²) in [6.45, 7) is 0. The van der Waals surface area contributed by atoms with Crippen LogP contribution in [0, 0.1) is 5.92 Å². The normalized spacial score (nSPS) is 24.6. The third kappa shape index (κ3) is 3.46. The van der Waals surface area contributed by atoms with Gasteiger partial charge in [0.25, 0.3) is 0 Å². The van der Waals surface area contributed by atoms with Gasteiger partial charge in [-0.05, 0) is 37.3 Å². The average molecular weight is 368 g/mol. The summed E-state index contributed by atoms with van der Waals surface area (Å²) in [5, 5.41) is 17.7. The van der Waals surface area contributed by atoms with Crippen molar-refractivity contribution in [2.45, 2.75) is 57.0 Å². The van der Waals surface area contributed by atoms with Crippen LogP contribution in [0.5, 0.6) is 0 Å². The van der Waals surface area contributed by atoms with E-state index < -0.39 is 12.0 Å². The molecular formula is C20H24N4O3. The van der Waals surface area contributed by atoms with Gasteiger partial charge in [-0.15, -0.1) is 10.2 Å². The van der Waals surface area contributed by atoms with Gasteiger partial charge in [0.05, 0.1) is 0 Å². The number of benzene rings is 1. The lowest BCUT2D eigenvalue weighted by Crippen LogP contribution is -2.46. The molecule has 1 N–H and O–H groups in total. The molecule has 0 radical (unpaired) electrons. The first-order valence-corrected chi connectivity index (χ1v) is 9.63. The molecule has 1 amide bonds. The van der Waals surface area contributed by atoms with Gasteiger partial charge in [-0.25, -0.2) is 4.79 Å². The molecule has 142 valence electrons. The van der Waals surface area contributed by atoms with E-state index >= 15 is 0 Å². The van der Waals surface area contributed by atoms with Gasteiger partial charge in [0.2, 0.25) is 5.91 Å². The Labute approximate surface area is 158 Å². The molecule has 1 aromatic heterocycles. The minimum Gasteiger partial charge on any atom is -0.480 e. The minimum atomic E-state index is -0.884. The van der Waals surface area contributed by atoms with Crippen LogP contribution in [0.15, 0.2) is 36.7 Å². The summed E-state index contributed by atoms with van der Waals surface area (Å²) in [5.74, 6) is 0.0715. The number of para-hydroxylation sites is 1. The summed E-state index contributed by atoms with van der Waals surface area (Å²) < 4.78 is 1.87. The molecule has 0 spiro atoms. The molecule has 7 nitrogen and oxygen atoms in total. The Morgan fingerprint density at radius 2 is 1.93 bits per heavy atom. The van der Waals surface area contributed by atoms with Crippen molar-refractivity contribution in [1.29, 1.82) is 0 Å². The standard InChI is InChI=1S/C20H24N4O3/c25-19(24-16-9-5-4-6-14(16)12-17(24)20(26)27)11-10-18-22-21-13-23(18)15-7-2-1-3-8-15/h1-3,7-8,13-14,16-17H,4-6,9-12H2,(H,26,27)/t14-,16-,17+/m1/s1. The number of aromatic nitrogens is 3. The van der Waals surface area contributed by atoms with Crippen molar-refractivity contribution in [2.24, 2.45) is 5.92 Å². The van der Waals surface area contributed by atoms with Crippen molar-refractivity contribution < 1.29 is 14.7 Å². The van der Waals surface area contributed by atoms with Crippen LogP contribution in [0.1, 0.15) is 44.3 Å². The fourth-order valence-electron chi connectivity index (χ4n) is 4.62. The number of amides is 1. The highest BCUT2D eigenvalue weighted by molar-refractivity contribution is 5.85. The van der Waals surface area contributed by atoms with Gasteiger partial charge < -0.3 is 10.0 Å². The molecule has 1 aromatic carbocycles. The van der Waals surface area contributed by atoms with Crippen LogP contribution < -0.4 is 0 Å². The van der Waals surface area contributed by atoms with Gasteiger partial charge in [-0.1, -0.05) is 31.0 Å². The number of nitrogens with zero attached hydrogens (tertiary/aromatic N) is 4. The zero-order chi connectivity index (χ0) is 18.8. The van der Waals surface area contributed by atoms with Crippen LogP contribution in [0.2, 0.25) is 0 Å². The summed E-state index contributed by atoms with van der Waals surface area (Å²) in [6, 6.07) is 9.14. The number of hydrogen-bond donors (Lipinski definition) is 1. The second kappa shape index (κ2) is 7.50. The maximum atomic E-state index is 13.0. The van der Waals surface area contributed by atoms with E-state index in [-0.39, 0.29) is 18.4 Å². The number of carbonyl (C=O) groups excluding carboxylic acids is 1. The van der Waals surface area contributed by atoms with E-state index in [1.807, 2.05) is 34.9 Å². The predicted molar refractivity (Wildman–Crippen MR) is 98.3 cm³/mol. The van der Waals surface area contributed by atoms with Crippen LogP contribution in [0.4, 0.5) is 0 Å². The van der Waals surface area contributed by atoms with Gasteiger partial charge in [0.15, 0.2) is 0 Å². The molecule has 0 unspecified atom stereocenters. The number of carbonyl (C=O) groups is 2. The molecule has 4 rings (SSSR count). The maximum absolute atomic E-state index is 13.0. The van der Waals surface area contributed by atoms with Crippen LogP contribution >= 0.6 is 0 Å². The molecule has 3 atom stereocenters. The largest absolute Gasteiger partial charge is 0.480 e. The Hall–Kier alpha value is -2.70. The average Bonchev–Trinajstić information content (AvgIpc) is 3.31. The van der Waals surface area contributed by atoms with E-state index in [0.29, 0.717) is 24.6 Å². The Kier molecular flexibility index (Phi) is 4.92. The summed E-state index contributed by atoms with van der Waals surface area (Å²) in [5.41, 5.74) is 0.946. The molecule has 7 heteroatoms. The molecule has 1 aliphatic carbocycles. The second-order valence-electron chi connectivity index (χ2n) is 7.46. The fourth-order valence-corrected chi connectivity index (χ4v) is 4.62. The lowest BCUT2D eigenvalue weighted by atomic mass is 9.84. The first-order valence-electron chi connectivity index (χ1n) is 9.63. The van der Waals surface area contributed by atoms with Crippen LogP contribution in [0.25, 0.3) is 5.69 Å². The van der Waals surface area contributed by atoms with Gasteiger partial charge in [-0.3, -0.25) is 9.36 Å². The highest BCUT2D eigenvalue weighted by Crippen LogP contribution is 2.40. The van der Waals surface area contributed by atoms with Gasteiger partial charge in [-0.2, -0.15) is 0 Å². The third-order valence-electron chi connectivity index (χ3n) is 5.88. The van der Waals surface area contributed by atoms with E-state index in [0.717, 1.165) is 31.4 Å². The summed E-state index contributed by atoms with van der Waals surface area (Å²) >= 11 is 0. The van der Waals surface area contributed by atoms with Crippen molar-refractivity contribution in [3.63, 3.8) is 0 Å². The van der Waals surface area contributed by atoms with Crippen molar-refractivity contribution in [3.05, 3.63) is 42.5 Å². The molecule has 1 saturated heterocycles. The molecule has 2 fully saturated rings. The Morgan fingerprint density at radius 1 is 1.15 bits per heavy atom. The molecule has 2 heterocycles. The minimum absolute atomic E-state index is 0.0827. The molecule has 1 aliphatic heterocycles. The Balaban J connectivity index is 1.48. The van der Waals surface area contributed by atoms with E-state index in [2.05, 4.69) is 10.2 Å². The third-order valence-corrected chi connectivity index (χ3v) is 5.88. The van der Waals surface area contributed by atoms with Crippen molar-refractivity contribution >= 4 is 11.9 Å². The fraction of sp³-hybridized carbons (Fsp3) is 0.500. The van der Waals surface area contributed by atoms with Crippen LogP contribution in [-0.4, -0.2) is 48.7 Å². The summed E-state index contributed by atoms with van der Waals surface area (Å²) in [7, 11) is 0. The van der Waals surface area contributed by atoms with Gasteiger partial charge in [0.1, 0.15) is 18.2 Å². The zero-order valence-corrected chi connectivity index (χ0v) is 15.2. The first kappa shape index (κ1) is 17.7. The number of rotatable bonds is 5. The van der Waals surface area contributed by atoms with E-state index in [1.165, 1.54) is 0 Å². The van der Waals surface area contributed by atoms with Gasteiger partial charge >= 0.3 is 5.97 Å². The van der Waals surface area contributed by atoms with E-state index in [9.17, 15) is 14.7 Å². The predicted octanol–water partition coefficient (Wildman–Crippen LogP) is 2.44. The number of carboxylic acid groups (broad SMARTS) is 1. The number of carboxylic acids is 1. The highest BCUT2D eigenvalue weighted by Gasteiger charge is 2.47. The second-order valence-corrected chi connectivity index (χ2v) is 7.46. The van der Waals surface area contributed by atoms with E-state index in [4.69, 9.17) is 0 Å². The first-order chi connectivity index (χ1) is 13.1. The molecule has 0 bridgehead atoms. The SMILES string of the molecule is O=C(O)[C@@H]1C[C@H]2CCCC[C@H]2N1C(=O)CCc1nncn1-c1ccccc1. The van der Waals surface area contributed by atoms with Crippen LogP contribution in [-0.2, 0) is 16.0 Å². The molecule has 2 aliphatic rings. The monoisotopic (exact) mass is 368 g/mol. The number of hydrogen-bond acceptors (Lipinski definition) is 4. The van der Waals surface area contributed by atoms with Gasteiger partial charge in [0, 0.05) is 24.6 Å². The number of aryl methyl sites for hydroxylation is 1. The number of aliphatic carboxylic acids is 1. The Morgan fingerprint density at radius 3 is 2.70 bits per heavy atom. The summed E-state index contributed by atoms with van der Waals surface area (Å²) in [4.78, 5) is 26.3. The quantitative estimate of drug-likeness (QED) is 0.876. The van der Waals surface area contributed by atoms with E-state index in [1.54, 1.807) is 11.2 Å². The lowest BCUT2D eigenvalue weighted by molar-refractivity contribution is -0.149. The molecule has 1 saturated carbocycles. The smallest absolute Gasteiger partial charge is 0.326 e. The molecule has 27 heavy (non-hydrogen) atoms. The van der Waals surface area contributed by atoms with Crippen molar-refractivity contribution in [1.82, 2.24) is 19.7 Å². The number of likely N-dealkylation sites (tertiary alicyclic amines) is 1. The molecular weight excluding hydrogens is 344 g/mol. The molecule has 2 aromatic rings.